The molecule has 5 nitrogen and oxygen atoms in total. The quantitative estimate of drug-likeness (QED) is 0.716. The molecule has 0 spiro atoms. The Bertz CT molecular complexity index is 359. The summed E-state index contributed by atoms with van der Waals surface area (Å²) in [6.45, 7) is 10.1. The minimum atomic E-state index is -3.27. The van der Waals surface area contributed by atoms with Crippen molar-refractivity contribution >= 4 is 10.2 Å². The van der Waals surface area contributed by atoms with Gasteiger partial charge in [-0.1, -0.05) is 20.8 Å². The smallest absolute Gasteiger partial charge is 0.281 e. The lowest BCUT2D eigenvalue weighted by Crippen LogP contribution is -2.48. The maximum atomic E-state index is 12.4. The van der Waals surface area contributed by atoms with E-state index in [2.05, 4.69) is 26.1 Å². The maximum absolute atomic E-state index is 12.4. The minimum absolute atomic E-state index is 0.443. The highest BCUT2D eigenvalue weighted by Gasteiger charge is 2.32. The summed E-state index contributed by atoms with van der Waals surface area (Å²) < 4.78 is 28.0. The Morgan fingerprint density at radius 1 is 1.32 bits per heavy atom. The van der Waals surface area contributed by atoms with E-state index in [1.807, 2.05) is 0 Å². The van der Waals surface area contributed by atoms with E-state index >= 15 is 0 Å². The van der Waals surface area contributed by atoms with Crippen molar-refractivity contribution in [2.75, 3.05) is 39.8 Å². The van der Waals surface area contributed by atoms with Gasteiger partial charge < -0.3 is 5.32 Å². The molecule has 1 fully saturated rings. The van der Waals surface area contributed by atoms with Crippen molar-refractivity contribution < 1.29 is 8.42 Å². The average molecular weight is 291 g/mol. The van der Waals surface area contributed by atoms with Crippen LogP contribution in [0, 0.1) is 11.8 Å². The van der Waals surface area contributed by atoms with Gasteiger partial charge in [-0.25, -0.2) is 0 Å². The Balaban J connectivity index is 2.50. The highest BCUT2D eigenvalue weighted by molar-refractivity contribution is 7.86. The van der Waals surface area contributed by atoms with Crippen molar-refractivity contribution in [3.63, 3.8) is 0 Å². The molecular formula is C13H29N3O2S. The number of rotatable bonds is 7. The van der Waals surface area contributed by atoms with Crippen molar-refractivity contribution in [3.05, 3.63) is 0 Å². The van der Waals surface area contributed by atoms with E-state index in [9.17, 15) is 8.42 Å². The molecule has 0 aromatic heterocycles. The first-order valence-corrected chi connectivity index (χ1v) is 8.71. The fourth-order valence-corrected chi connectivity index (χ4v) is 3.86. The monoisotopic (exact) mass is 291 g/mol. The van der Waals surface area contributed by atoms with Crippen LogP contribution in [0.1, 0.15) is 33.6 Å². The third kappa shape index (κ3) is 4.70. The zero-order chi connectivity index (χ0) is 14.5. The van der Waals surface area contributed by atoms with Gasteiger partial charge in [0.25, 0.3) is 10.2 Å². The largest absolute Gasteiger partial charge is 0.317 e. The fraction of sp³-hybridized carbons (Fsp3) is 1.00. The molecule has 19 heavy (non-hydrogen) atoms. The Morgan fingerprint density at radius 3 is 2.58 bits per heavy atom. The molecule has 1 heterocycles. The van der Waals surface area contributed by atoms with Gasteiger partial charge in [-0.15, -0.1) is 0 Å². The van der Waals surface area contributed by atoms with E-state index < -0.39 is 10.2 Å². The molecule has 0 aliphatic carbocycles. The average Bonchev–Trinajstić information content (AvgIpc) is 2.37. The number of nitrogens with zero attached hydrogens (tertiary/aromatic N) is 2. The van der Waals surface area contributed by atoms with Crippen molar-refractivity contribution in [2.24, 2.45) is 11.8 Å². The summed E-state index contributed by atoms with van der Waals surface area (Å²) in [5, 5.41) is 3.21. The highest BCUT2D eigenvalue weighted by atomic mass is 32.2. The summed E-state index contributed by atoms with van der Waals surface area (Å²) in [5.41, 5.74) is 0. The second kappa shape index (κ2) is 7.57. The lowest BCUT2D eigenvalue weighted by molar-refractivity contribution is 0.203. The van der Waals surface area contributed by atoms with Gasteiger partial charge in [-0.05, 0) is 37.8 Å². The second-order valence-electron chi connectivity index (χ2n) is 5.64. The van der Waals surface area contributed by atoms with E-state index in [4.69, 9.17) is 0 Å². The molecule has 1 saturated heterocycles. The number of piperidine rings is 1. The maximum Gasteiger partial charge on any atom is 0.281 e. The molecule has 0 saturated carbocycles. The van der Waals surface area contributed by atoms with E-state index in [1.54, 1.807) is 11.4 Å². The molecule has 0 radical (unpaired) electrons. The first-order valence-electron chi connectivity index (χ1n) is 7.31. The van der Waals surface area contributed by atoms with Gasteiger partial charge in [-0.2, -0.15) is 17.0 Å². The molecule has 2 unspecified atom stereocenters. The van der Waals surface area contributed by atoms with Crippen LogP contribution in [-0.2, 0) is 10.2 Å². The van der Waals surface area contributed by atoms with Crippen LogP contribution in [0.5, 0.6) is 0 Å². The van der Waals surface area contributed by atoms with Crippen LogP contribution in [-0.4, -0.2) is 56.8 Å². The SMILES string of the molecule is CCNCCCN(C)S(=O)(=O)N1CCC(C)C(C)C1. The molecule has 1 N–H and O–H groups in total. The summed E-state index contributed by atoms with van der Waals surface area (Å²) in [6.07, 6.45) is 1.81. The zero-order valence-electron chi connectivity index (χ0n) is 12.7. The second-order valence-corrected chi connectivity index (χ2v) is 7.67. The minimum Gasteiger partial charge on any atom is -0.317 e. The molecule has 1 aliphatic rings. The molecule has 0 aromatic rings. The van der Waals surface area contributed by atoms with Gasteiger partial charge >= 0.3 is 0 Å². The van der Waals surface area contributed by atoms with Crippen LogP contribution in [0.3, 0.4) is 0 Å². The van der Waals surface area contributed by atoms with Gasteiger partial charge in [0.15, 0.2) is 0 Å². The Morgan fingerprint density at radius 2 is 2.00 bits per heavy atom. The highest BCUT2D eigenvalue weighted by Crippen LogP contribution is 2.25. The van der Waals surface area contributed by atoms with Gasteiger partial charge in [-0.3, -0.25) is 0 Å². The summed E-state index contributed by atoms with van der Waals surface area (Å²) in [5.74, 6) is 1.06. The van der Waals surface area contributed by atoms with Crippen LogP contribution in [0.2, 0.25) is 0 Å². The van der Waals surface area contributed by atoms with E-state index in [0.717, 1.165) is 25.9 Å². The van der Waals surface area contributed by atoms with Gasteiger partial charge in [0.05, 0.1) is 0 Å². The Kier molecular flexibility index (Phi) is 6.73. The number of hydrogen-bond acceptors (Lipinski definition) is 3. The molecule has 114 valence electrons. The molecule has 1 aliphatic heterocycles. The first kappa shape index (κ1) is 16.9. The van der Waals surface area contributed by atoms with Crippen molar-refractivity contribution in [2.45, 2.75) is 33.6 Å². The van der Waals surface area contributed by atoms with Crippen LogP contribution in [0.4, 0.5) is 0 Å². The third-order valence-corrected chi connectivity index (χ3v) is 6.05. The predicted octanol–water partition coefficient (Wildman–Crippen LogP) is 1.14. The summed E-state index contributed by atoms with van der Waals surface area (Å²) in [7, 11) is -1.58. The summed E-state index contributed by atoms with van der Waals surface area (Å²) in [4.78, 5) is 0. The molecule has 6 heteroatoms. The lowest BCUT2D eigenvalue weighted by Gasteiger charge is -2.36. The molecule has 2 atom stereocenters. The van der Waals surface area contributed by atoms with Crippen LogP contribution >= 0.6 is 0 Å². The molecule has 1 rings (SSSR count). The Labute approximate surface area is 118 Å². The predicted molar refractivity (Wildman–Crippen MR) is 79.2 cm³/mol. The van der Waals surface area contributed by atoms with Crippen molar-refractivity contribution in [1.29, 1.82) is 0 Å². The standard InChI is InChI=1S/C13H29N3O2S/c1-5-14-8-6-9-15(4)19(17,18)16-10-7-12(2)13(3)11-16/h12-14H,5-11H2,1-4H3. The van der Waals surface area contributed by atoms with E-state index in [1.165, 1.54) is 4.31 Å². The lowest BCUT2D eigenvalue weighted by atomic mass is 9.90. The summed E-state index contributed by atoms with van der Waals surface area (Å²) >= 11 is 0. The molecule has 0 amide bonds. The fourth-order valence-electron chi connectivity index (χ4n) is 2.35. The molecular weight excluding hydrogens is 262 g/mol. The van der Waals surface area contributed by atoms with Gasteiger partial charge in [0, 0.05) is 26.7 Å². The van der Waals surface area contributed by atoms with Gasteiger partial charge in [0.2, 0.25) is 0 Å². The first-order chi connectivity index (χ1) is 8.89. The number of nitrogens with one attached hydrogen (secondary N) is 1. The number of hydrogen-bond donors (Lipinski definition) is 1. The molecule has 0 bridgehead atoms. The zero-order valence-corrected chi connectivity index (χ0v) is 13.5. The van der Waals surface area contributed by atoms with Crippen molar-refractivity contribution in [3.8, 4) is 0 Å². The van der Waals surface area contributed by atoms with E-state index in [-0.39, 0.29) is 0 Å². The molecule has 0 aromatic carbocycles. The van der Waals surface area contributed by atoms with Crippen molar-refractivity contribution in [1.82, 2.24) is 13.9 Å². The van der Waals surface area contributed by atoms with Crippen LogP contribution in [0.25, 0.3) is 0 Å². The van der Waals surface area contributed by atoms with Crippen LogP contribution < -0.4 is 5.32 Å². The topological polar surface area (TPSA) is 52.7 Å². The van der Waals surface area contributed by atoms with E-state index in [0.29, 0.717) is 31.5 Å². The third-order valence-electron chi connectivity index (χ3n) is 4.09. The Hall–Kier alpha value is -0.170. The summed E-state index contributed by atoms with van der Waals surface area (Å²) in [6, 6.07) is 0. The normalized spacial score (nSPS) is 25.9. The van der Waals surface area contributed by atoms with Crippen LogP contribution in [0.15, 0.2) is 0 Å². The van der Waals surface area contributed by atoms with Gasteiger partial charge in [0.1, 0.15) is 0 Å².